The zero-order valence-corrected chi connectivity index (χ0v) is 12.4. The largest absolute Gasteiger partial charge is 0.473 e. The standard InChI is InChI=1S/C13H21ClN4O/c1-8-4-9(6-13(2,3)5-8)19-11-10(14)7-16-12(17-11)18-15/h7-9H,4-6,15H2,1-3H3,(H,16,17,18). The monoisotopic (exact) mass is 284 g/mol. The second-order valence-electron chi connectivity index (χ2n) is 6.14. The van der Waals surface area contributed by atoms with Gasteiger partial charge in [0.25, 0.3) is 0 Å². The average Bonchev–Trinajstić information content (AvgIpc) is 2.29. The molecular weight excluding hydrogens is 264 g/mol. The Labute approximate surface area is 118 Å². The highest BCUT2D eigenvalue weighted by atomic mass is 35.5. The summed E-state index contributed by atoms with van der Waals surface area (Å²) >= 11 is 6.06. The smallest absolute Gasteiger partial charge is 0.240 e. The SMILES string of the molecule is CC1CC(Oc2nc(NN)ncc2Cl)CC(C)(C)C1. The molecule has 1 fully saturated rings. The molecule has 2 atom stereocenters. The fraction of sp³-hybridized carbons (Fsp3) is 0.692. The molecule has 1 aromatic rings. The normalized spacial score (nSPS) is 25.9. The summed E-state index contributed by atoms with van der Waals surface area (Å²) in [6.45, 7) is 6.80. The summed E-state index contributed by atoms with van der Waals surface area (Å²) in [6, 6.07) is 0. The van der Waals surface area contributed by atoms with Crippen molar-refractivity contribution in [2.24, 2.45) is 17.2 Å². The van der Waals surface area contributed by atoms with E-state index in [1.54, 1.807) is 0 Å². The molecule has 0 aromatic carbocycles. The van der Waals surface area contributed by atoms with Crippen LogP contribution in [-0.2, 0) is 0 Å². The molecule has 1 saturated carbocycles. The summed E-state index contributed by atoms with van der Waals surface area (Å²) in [6.07, 6.45) is 4.88. The van der Waals surface area contributed by atoms with E-state index < -0.39 is 0 Å². The predicted molar refractivity (Wildman–Crippen MR) is 76.1 cm³/mol. The number of rotatable bonds is 3. The van der Waals surface area contributed by atoms with E-state index in [2.05, 4.69) is 36.2 Å². The molecule has 0 saturated heterocycles. The van der Waals surface area contributed by atoms with Crippen LogP contribution in [0.5, 0.6) is 5.88 Å². The molecule has 0 bridgehead atoms. The topological polar surface area (TPSA) is 73.1 Å². The minimum absolute atomic E-state index is 0.136. The number of nitrogens with two attached hydrogens (primary N) is 1. The van der Waals surface area contributed by atoms with Crippen LogP contribution in [0.1, 0.15) is 40.0 Å². The van der Waals surface area contributed by atoms with Crippen molar-refractivity contribution >= 4 is 17.5 Å². The number of nitrogen functional groups attached to an aromatic ring is 1. The van der Waals surface area contributed by atoms with Crippen LogP contribution in [0.25, 0.3) is 0 Å². The van der Waals surface area contributed by atoms with Gasteiger partial charge in [-0.2, -0.15) is 4.98 Å². The molecule has 6 heteroatoms. The van der Waals surface area contributed by atoms with Gasteiger partial charge in [-0.1, -0.05) is 32.4 Å². The Hall–Kier alpha value is -1.07. The average molecular weight is 285 g/mol. The van der Waals surface area contributed by atoms with Gasteiger partial charge >= 0.3 is 0 Å². The summed E-state index contributed by atoms with van der Waals surface area (Å²) in [5, 5.41) is 0.412. The number of aromatic nitrogens is 2. The van der Waals surface area contributed by atoms with Crippen molar-refractivity contribution in [1.82, 2.24) is 9.97 Å². The summed E-state index contributed by atoms with van der Waals surface area (Å²) in [5.74, 6) is 6.64. The summed E-state index contributed by atoms with van der Waals surface area (Å²) in [7, 11) is 0. The molecule has 1 heterocycles. The van der Waals surface area contributed by atoms with Gasteiger partial charge in [-0.15, -0.1) is 0 Å². The fourth-order valence-corrected chi connectivity index (χ4v) is 3.15. The maximum Gasteiger partial charge on any atom is 0.240 e. The number of hydrogen-bond donors (Lipinski definition) is 2. The maximum absolute atomic E-state index is 6.06. The molecule has 0 aliphatic heterocycles. The molecule has 2 unspecified atom stereocenters. The molecule has 1 aliphatic carbocycles. The van der Waals surface area contributed by atoms with Crippen molar-refractivity contribution in [1.29, 1.82) is 0 Å². The second-order valence-corrected chi connectivity index (χ2v) is 6.55. The van der Waals surface area contributed by atoms with Crippen LogP contribution in [0, 0.1) is 11.3 Å². The molecule has 0 radical (unpaired) electrons. The van der Waals surface area contributed by atoms with Gasteiger partial charge < -0.3 is 4.74 Å². The predicted octanol–water partition coefficient (Wildman–Crippen LogP) is 3.01. The second kappa shape index (κ2) is 5.51. The quantitative estimate of drug-likeness (QED) is 0.659. The van der Waals surface area contributed by atoms with E-state index in [0.717, 1.165) is 12.8 Å². The highest BCUT2D eigenvalue weighted by Crippen LogP contribution is 2.40. The van der Waals surface area contributed by atoms with E-state index in [9.17, 15) is 0 Å². The van der Waals surface area contributed by atoms with E-state index in [0.29, 0.717) is 22.8 Å². The van der Waals surface area contributed by atoms with Crippen molar-refractivity contribution in [3.63, 3.8) is 0 Å². The lowest BCUT2D eigenvalue weighted by molar-refractivity contribution is 0.0533. The first kappa shape index (κ1) is 14.3. The van der Waals surface area contributed by atoms with Gasteiger partial charge in [0.2, 0.25) is 11.8 Å². The first-order chi connectivity index (χ1) is 8.89. The minimum atomic E-state index is 0.136. The number of ether oxygens (including phenoxy) is 1. The number of nitrogens with zero attached hydrogens (tertiary/aromatic N) is 2. The van der Waals surface area contributed by atoms with Crippen molar-refractivity contribution in [2.75, 3.05) is 5.43 Å². The van der Waals surface area contributed by atoms with Gasteiger partial charge in [-0.05, 0) is 30.6 Å². The van der Waals surface area contributed by atoms with E-state index >= 15 is 0 Å². The molecule has 1 aliphatic rings. The Bertz CT molecular complexity index is 452. The highest BCUT2D eigenvalue weighted by molar-refractivity contribution is 6.31. The van der Waals surface area contributed by atoms with E-state index in [1.165, 1.54) is 12.6 Å². The Balaban J connectivity index is 2.12. The molecule has 3 N–H and O–H groups in total. The minimum Gasteiger partial charge on any atom is -0.473 e. The third-order valence-electron chi connectivity index (χ3n) is 3.47. The third-order valence-corrected chi connectivity index (χ3v) is 3.73. The Kier molecular flexibility index (Phi) is 4.16. The zero-order chi connectivity index (χ0) is 14.0. The van der Waals surface area contributed by atoms with Crippen LogP contribution in [-0.4, -0.2) is 16.1 Å². The van der Waals surface area contributed by atoms with Crippen molar-refractivity contribution in [2.45, 2.75) is 46.1 Å². The highest BCUT2D eigenvalue weighted by Gasteiger charge is 2.33. The van der Waals surface area contributed by atoms with Gasteiger partial charge in [-0.25, -0.2) is 10.8 Å². The van der Waals surface area contributed by atoms with Crippen LogP contribution in [0.4, 0.5) is 5.95 Å². The van der Waals surface area contributed by atoms with Crippen molar-refractivity contribution < 1.29 is 4.74 Å². The van der Waals surface area contributed by atoms with Crippen LogP contribution >= 0.6 is 11.6 Å². The van der Waals surface area contributed by atoms with Crippen LogP contribution in [0.15, 0.2) is 6.20 Å². The van der Waals surface area contributed by atoms with Gasteiger partial charge in [0.15, 0.2) is 0 Å². The van der Waals surface area contributed by atoms with Crippen LogP contribution in [0.2, 0.25) is 5.02 Å². The molecule has 19 heavy (non-hydrogen) atoms. The number of anilines is 1. The number of halogens is 1. The molecule has 5 nitrogen and oxygen atoms in total. The Morgan fingerprint density at radius 1 is 1.47 bits per heavy atom. The summed E-state index contributed by atoms with van der Waals surface area (Å²) in [4.78, 5) is 8.09. The summed E-state index contributed by atoms with van der Waals surface area (Å²) in [5.41, 5.74) is 2.68. The third kappa shape index (κ3) is 3.70. The van der Waals surface area contributed by atoms with E-state index in [1.807, 2.05) is 0 Å². The van der Waals surface area contributed by atoms with Crippen molar-refractivity contribution in [3.8, 4) is 5.88 Å². The number of nitrogens with one attached hydrogen (secondary N) is 1. The fourth-order valence-electron chi connectivity index (χ4n) is 3.01. The van der Waals surface area contributed by atoms with Crippen LogP contribution in [0.3, 0.4) is 0 Å². The van der Waals surface area contributed by atoms with Gasteiger partial charge in [0.05, 0.1) is 6.20 Å². The molecule has 0 spiro atoms. The Morgan fingerprint density at radius 3 is 2.84 bits per heavy atom. The first-order valence-corrected chi connectivity index (χ1v) is 6.93. The van der Waals surface area contributed by atoms with E-state index in [-0.39, 0.29) is 11.5 Å². The zero-order valence-electron chi connectivity index (χ0n) is 11.6. The number of hydrazine groups is 1. The molecule has 0 amide bonds. The lowest BCUT2D eigenvalue weighted by Gasteiger charge is -2.38. The maximum atomic E-state index is 6.06. The van der Waals surface area contributed by atoms with Gasteiger partial charge in [0, 0.05) is 0 Å². The van der Waals surface area contributed by atoms with Gasteiger partial charge in [-0.3, -0.25) is 5.43 Å². The van der Waals surface area contributed by atoms with Gasteiger partial charge in [0.1, 0.15) is 11.1 Å². The lowest BCUT2D eigenvalue weighted by Crippen LogP contribution is -2.34. The first-order valence-electron chi connectivity index (χ1n) is 6.55. The molecule has 2 rings (SSSR count). The molecule has 1 aromatic heterocycles. The molecule has 106 valence electrons. The van der Waals surface area contributed by atoms with Crippen molar-refractivity contribution in [3.05, 3.63) is 11.2 Å². The van der Waals surface area contributed by atoms with Crippen LogP contribution < -0.4 is 16.0 Å². The number of hydrogen-bond acceptors (Lipinski definition) is 5. The lowest BCUT2D eigenvalue weighted by atomic mass is 9.71. The Morgan fingerprint density at radius 2 is 2.21 bits per heavy atom. The summed E-state index contributed by atoms with van der Waals surface area (Å²) < 4.78 is 5.96. The molecular formula is C13H21ClN4O. The van der Waals surface area contributed by atoms with E-state index in [4.69, 9.17) is 22.2 Å².